The maximum atomic E-state index is 12.0. The van der Waals surface area contributed by atoms with Gasteiger partial charge in [-0.05, 0) is 43.5 Å². The standard InChI is InChI=1S/C15H20ClNO3/c1-11-10-12(16)2-3-14(11)20-9-6-15(19)17-7-4-13(18)5-8-17/h2-3,10,13,18H,4-9H2,1H3. The van der Waals surface area contributed by atoms with Crippen LogP contribution in [0.2, 0.25) is 5.02 Å². The van der Waals surface area contributed by atoms with Crippen molar-refractivity contribution in [2.75, 3.05) is 19.7 Å². The molecule has 1 N–H and O–H groups in total. The second-order valence-corrected chi connectivity index (χ2v) is 5.56. The number of benzene rings is 1. The summed E-state index contributed by atoms with van der Waals surface area (Å²) < 4.78 is 5.62. The Morgan fingerprint density at radius 3 is 2.80 bits per heavy atom. The van der Waals surface area contributed by atoms with Crippen LogP contribution >= 0.6 is 11.6 Å². The number of likely N-dealkylation sites (tertiary alicyclic amines) is 1. The molecule has 1 amide bonds. The Balaban J connectivity index is 1.76. The number of carbonyl (C=O) groups is 1. The lowest BCUT2D eigenvalue weighted by Crippen LogP contribution is -2.40. The summed E-state index contributed by atoms with van der Waals surface area (Å²) in [7, 11) is 0. The molecule has 0 unspecified atom stereocenters. The number of nitrogens with zero attached hydrogens (tertiary/aromatic N) is 1. The summed E-state index contributed by atoms with van der Waals surface area (Å²) in [5, 5.41) is 10.1. The molecule has 1 aromatic carbocycles. The number of ether oxygens (including phenoxy) is 1. The molecule has 1 fully saturated rings. The third-order valence-corrected chi connectivity index (χ3v) is 3.76. The smallest absolute Gasteiger partial charge is 0.226 e. The van der Waals surface area contributed by atoms with Crippen molar-refractivity contribution in [3.05, 3.63) is 28.8 Å². The van der Waals surface area contributed by atoms with E-state index in [2.05, 4.69) is 0 Å². The van der Waals surface area contributed by atoms with Crippen LogP contribution in [0.15, 0.2) is 18.2 Å². The van der Waals surface area contributed by atoms with Crippen LogP contribution in [-0.2, 0) is 4.79 Å². The van der Waals surface area contributed by atoms with Crippen LogP contribution in [0, 0.1) is 6.92 Å². The predicted molar refractivity (Wildman–Crippen MR) is 78.1 cm³/mol. The van der Waals surface area contributed by atoms with Gasteiger partial charge in [-0.2, -0.15) is 0 Å². The van der Waals surface area contributed by atoms with Gasteiger partial charge in [0.15, 0.2) is 0 Å². The highest BCUT2D eigenvalue weighted by Crippen LogP contribution is 2.22. The number of carbonyl (C=O) groups excluding carboxylic acids is 1. The van der Waals surface area contributed by atoms with E-state index in [4.69, 9.17) is 16.3 Å². The molecule has 1 aliphatic heterocycles. The van der Waals surface area contributed by atoms with E-state index in [9.17, 15) is 9.90 Å². The number of hydrogen-bond acceptors (Lipinski definition) is 3. The van der Waals surface area contributed by atoms with Crippen LogP contribution in [0.1, 0.15) is 24.8 Å². The van der Waals surface area contributed by atoms with Gasteiger partial charge < -0.3 is 14.7 Å². The molecule has 110 valence electrons. The summed E-state index contributed by atoms with van der Waals surface area (Å²) in [6, 6.07) is 5.43. The molecule has 4 nitrogen and oxygen atoms in total. The van der Waals surface area contributed by atoms with Gasteiger partial charge in [0.25, 0.3) is 0 Å². The van der Waals surface area contributed by atoms with E-state index in [-0.39, 0.29) is 12.0 Å². The van der Waals surface area contributed by atoms with E-state index in [0.29, 0.717) is 44.0 Å². The normalized spacial score (nSPS) is 16.2. The number of halogens is 1. The van der Waals surface area contributed by atoms with Gasteiger partial charge in [-0.1, -0.05) is 11.6 Å². The van der Waals surface area contributed by atoms with Crippen molar-refractivity contribution in [3.63, 3.8) is 0 Å². The fraction of sp³-hybridized carbons (Fsp3) is 0.533. The molecule has 5 heteroatoms. The van der Waals surface area contributed by atoms with Crippen molar-refractivity contribution in [1.29, 1.82) is 0 Å². The molecular weight excluding hydrogens is 278 g/mol. The second-order valence-electron chi connectivity index (χ2n) is 5.12. The van der Waals surface area contributed by atoms with Crippen LogP contribution in [-0.4, -0.2) is 41.7 Å². The topological polar surface area (TPSA) is 49.8 Å². The lowest BCUT2D eigenvalue weighted by atomic mass is 10.1. The molecule has 0 bridgehead atoms. The molecule has 0 aliphatic carbocycles. The summed E-state index contributed by atoms with van der Waals surface area (Å²) in [5.74, 6) is 0.847. The fourth-order valence-electron chi connectivity index (χ4n) is 2.30. The Hall–Kier alpha value is -1.26. The number of piperidine rings is 1. The summed E-state index contributed by atoms with van der Waals surface area (Å²) in [6.07, 6.45) is 1.44. The average molecular weight is 298 g/mol. The van der Waals surface area contributed by atoms with E-state index in [1.807, 2.05) is 19.1 Å². The van der Waals surface area contributed by atoms with Gasteiger partial charge in [0.05, 0.1) is 19.1 Å². The van der Waals surface area contributed by atoms with E-state index < -0.39 is 0 Å². The number of rotatable bonds is 4. The molecule has 1 aromatic rings. The Bertz CT molecular complexity index is 470. The third-order valence-electron chi connectivity index (χ3n) is 3.53. The van der Waals surface area contributed by atoms with Gasteiger partial charge in [-0.3, -0.25) is 4.79 Å². The minimum Gasteiger partial charge on any atom is -0.493 e. The largest absolute Gasteiger partial charge is 0.493 e. The molecule has 1 heterocycles. The third kappa shape index (κ3) is 4.12. The van der Waals surface area contributed by atoms with E-state index in [1.54, 1.807) is 11.0 Å². The zero-order valence-electron chi connectivity index (χ0n) is 11.6. The Kier molecular flexibility index (Phi) is 5.26. The lowest BCUT2D eigenvalue weighted by Gasteiger charge is -2.29. The quantitative estimate of drug-likeness (QED) is 0.928. The Morgan fingerprint density at radius 2 is 2.15 bits per heavy atom. The molecule has 0 aromatic heterocycles. The first-order valence-electron chi connectivity index (χ1n) is 6.91. The summed E-state index contributed by atoms with van der Waals surface area (Å²) in [6.45, 7) is 3.56. The summed E-state index contributed by atoms with van der Waals surface area (Å²) >= 11 is 5.88. The second kappa shape index (κ2) is 6.95. The maximum Gasteiger partial charge on any atom is 0.226 e. The van der Waals surface area contributed by atoms with Crippen LogP contribution in [0.4, 0.5) is 0 Å². The highest BCUT2D eigenvalue weighted by atomic mass is 35.5. The van der Waals surface area contributed by atoms with Crippen molar-refractivity contribution in [2.24, 2.45) is 0 Å². The first-order valence-corrected chi connectivity index (χ1v) is 7.29. The average Bonchev–Trinajstić information content (AvgIpc) is 2.42. The van der Waals surface area contributed by atoms with Gasteiger partial charge in [-0.25, -0.2) is 0 Å². The molecular formula is C15H20ClNO3. The highest BCUT2D eigenvalue weighted by Gasteiger charge is 2.20. The first-order chi connectivity index (χ1) is 9.56. The van der Waals surface area contributed by atoms with Crippen molar-refractivity contribution < 1.29 is 14.6 Å². The van der Waals surface area contributed by atoms with Crippen molar-refractivity contribution >= 4 is 17.5 Å². The number of aliphatic hydroxyl groups excluding tert-OH is 1. The molecule has 0 saturated carbocycles. The molecule has 2 rings (SSSR count). The van der Waals surface area contributed by atoms with E-state index in [1.165, 1.54) is 0 Å². The molecule has 1 saturated heterocycles. The summed E-state index contributed by atoms with van der Waals surface area (Å²) in [5.41, 5.74) is 0.964. The maximum absolute atomic E-state index is 12.0. The van der Waals surface area contributed by atoms with E-state index >= 15 is 0 Å². The Morgan fingerprint density at radius 1 is 1.45 bits per heavy atom. The molecule has 0 atom stereocenters. The number of hydrogen-bond donors (Lipinski definition) is 1. The highest BCUT2D eigenvalue weighted by molar-refractivity contribution is 6.30. The van der Waals surface area contributed by atoms with Crippen molar-refractivity contribution in [3.8, 4) is 5.75 Å². The minimum atomic E-state index is -0.257. The lowest BCUT2D eigenvalue weighted by molar-refractivity contribution is -0.133. The monoisotopic (exact) mass is 297 g/mol. The van der Waals surface area contributed by atoms with Gasteiger partial charge in [0.1, 0.15) is 5.75 Å². The van der Waals surface area contributed by atoms with Crippen LogP contribution in [0.3, 0.4) is 0 Å². The van der Waals surface area contributed by atoms with E-state index in [0.717, 1.165) is 11.3 Å². The van der Waals surface area contributed by atoms with Crippen molar-refractivity contribution in [1.82, 2.24) is 4.90 Å². The summed E-state index contributed by atoms with van der Waals surface area (Å²) in [4.78, 5) is 13.8. The molecule has 20 heavy (non-hydrogen) atoms. The van der Waals surface area contributed by atoms with Crippen molar-refractivity contribution in [2.45, 2.75) is 32.3 Å². The zero-order valence-corrected chi connectivity index (χ0v) is 12.4. The van der Waals surface area contributed by atoms with Crippen LogP contribution < -0.4 is 4.74 Å². The number of aliphatic hydroxyl groups is 1. The van der Waals surface area contributed by atoms with Crippen LogP contribution in [0.5, 0.6) is 5.75 Å². The van der Waals surface area contributed by atoms with Crippen LogP contribution in [0.25, 0.3) is 0 Å². The zero-order chi connectivity index (χ0) is 14.5. The molecule has 1 aliphatic rings. The fourth-order valence-corrected chi connectivity index (χ4v) is 2.52. The number of aryl methyl sites for hydroxylation is 1. The van der Waals surface area contributed by atoms with Gasteiger partial charge >= 0.3 is 0 Å². The van der Waals surface area contributed by atoms with Gasteiger partial charge in [0, 0.05) is 18.1 Å². The molecule has 0 radical (unpaired) electrons. The van der Waals surface area contributed by atoms with Gasteiger partial charge in [-0.15, -0.1) is 0 Å². The predicted octanol–water partition coefficient (Wildman–Crippen LogP) is 2.40. The SMILES string of the molecule is Cc1cc(Cl)ccc1OCCC(=O)N1CCC(O)CC1. The first kappa shape index (κ1) is 15.1. The van der Waals surface area contributed by atoms with Gasteiger partial charge in [0.2, 0.25) is 5.91 Å². The Labute approximate surface area is 124 Å². The molecule has 0 spiro atoms. The minimum absolute atomic E-state index is 0.0866. The number of amides is 1.